The molecule has 1 aromatic carbocycles. The van der Waals surface area contributed by atoms with Gasteiger partial charge in [0.15, 0.2) is 6.61 Å². The molecular formula is C21H25N3O6. The van der Waals surface area contributed by atoms with E-state index in [0.29, 0.717) is 48.7 Å². The highest BCUT2D eigenvalue weighted by Crippen LogP contribution is 2.24. The van der Waals surface area contributed by atoms with E-state index in [1.165, 1.54) is 7.05 Å². The number of carbonyl (C=O) groups excluding carboxylic acids is 1. The third-order valence-corrected chi connectivity index (χ3v) is 4.68. The number of nitrogens with one attached hydrogen (secondary N) is 1. The second kappa shape index (κ2) is 9.45. The van der Waals surface area contributed by atoms with E-state index >= 15 is 0 Å². The number of fused-ring (bicyclic) bond motifs is 1. The highest BCUT2D eigenvalue weighted by atomic mass is 16.6. The lowest BCUT2D eigenvalue weighted by molar-refractivity contribution is -0.145. The fourth-order valence-corrected chi connectivity index (χ4v) is 3.17. The van der Waals surface area contributed by atoms with Gasteiger partial charge >= 0.3 is 11.7 Å². The minimum Gasteiger partial charge on any atom is -0.482 e. The number of hydrogen-bond acceptors (Lipinski definition) is 6. The normalized spacial score (nSPS) is 11.0. The highest BCUT2D eigenvalue weighted by Gasteiger charge is 2.15. The Labute approximate surface area is 172 Å². The Morgan fingerprint density at radius 1 is 1.17 bits per heavy atom. The number of benzene rings is 1. The van der Waals surface area contributed by atoms with Crippen LogP contribution in [0.2, 0.25) is 0 Å². The SMILES string of the molecule is CCOC(=O)COc1ccc(-c2cc3c([nH]2)c(=O)n(C)c(=O)n3CCCOC)cc1. The molecule has 0 fully saturated rings. The third kappa shape index (κ3) is 4.46. The maximum absolute atomic E-state index is 12.6. The van der Waals surface area contributed by atoms with E-state index in [9.17, 15) is 14.4 Å². The molecule has 2 heterocycles. The molecule has 0 aliphatic rings. The van der Waals surface area contributed by atoms with Crippen LogP contribution in [0.5, 0.6) is 5.75 Å². The summed E-state index contributed by atoms with van der Waals surface area (Å²) in [5.41, 5.74) is 1.69. The molecule has 0 aliphatic heterocycles. The zero-order chi connectivity index (χ0) is 21.7. The van der Waals surface area contributed by atoms with Crippen molar-refractivity contribution in [2.75, 3.05) is 26.9 Å². The van der Waals surface area contributed by atoms with E-state index in [1.807, 2.05) is 12.1 Å². The third-order valence-electron chi connectivity index (χ3n) is 4.68. The second-order valence-electron chi connectivity index (χ2n) is 6.71. The topological polar surface area (TPSA) is 105 Å². The fraction of sp³-hybridized carbons (Fsp3) is 0.381. The Bertz CT molecular complexity index is 1140. The molecule has 0 bridgehead atoms. The van der Waals surface area contributed by atoms with E-state index < -0.39 is 5.97 Å². The molecule has 0 amide bonds. The fourth-order valence-electron chi connectivity index (χ4n) is 3.17. The van der Waals surface area contributed by atoms with Crippen LogP contribution >= 0.6 is 0 Å². The molecule has 0 unspecified atom stereocenters. The number of carbonyl (C=O) groups is 1. The second-order valence-corrected chi connectivity index (χ2v) is 6.71. The van der Waals surface area contributed by atoms with Gasteiger partial charge in [0, 0.05) is 33.0 Å². The van der Waals surface area contributed by atoms with Crippen molar-refractivity contribution in [3.63, 3.8) is 0 Å². The zero-order valence-corrected chi connectivity index (χ0v) is 17.3. The number of rotatable bonds is 9. The van der Waals surface area contributed by atoms with Crippen molar-refractivity contribution in [3.8, 4) is 17.0 Å². The summed E-state index contributed by atoms with van der Waals surface area (Å²) in [6.07, 6.45) is 0.650. The molecular weight excluding hydrogens is 390 g/mol. The summed E-state index contributed by atoms with van der Waals surface area (Å²) in [5.74, 6) is 0.0924. The summed E-state index contributed by atoms with van der Waals surface area (Å²) in [5, 5.41) is 0. The Morgan fingerprint density at radius 3 is 2.57 bits per heavy atom. The summed E-state index contributed by atoms with van der Waals surface area (Å²) < 4.78 is 18.0. The molecule has 1 N–H and O–H groups in total. The van der Waals surface area contributed by atoms with Crippen molar-refractivity contribution in [1.29, 1.82) is 0 Å². The molecule has 3 rings (SSSR count). The summed E-state index contributed by atoms with van der Waals surface area (Å²) in [6.45, 7) is 2.83. The van der Waals surface area contributed by atoms with Crippen molar-refractivity contribution < 1.29 is 19.0 Å². The van der Waals surface area contributed by atoms with Crippen LogP contribution in [0.4, 0.5) is 0 Å². The monoisotopic (exact) mass is 415 g/mol. The number of methoxy groups -OCH3 is 1. The van der Waals surface area contributed by atoms with Crippen LogP contribution in [0, 0.1) is 0 Å². The van der Waals surface area contributed by atoms with Gasteiger partial charge in [0.1, 0.15) is 11.3 Å². The smallest absolute Gasteiger partial charge is 0.344 e. The van der Waals surface area contributed by atoms with Crippen LogP contribution < -0.4 is 16.0 Å². The van der Waals surface area contributed by atoms with E-state index in [2.05, 4.69) is 4.98 Å². The summed E-state index contributed by atoms with van der Waals surface area (Å²) in [7, 11) is 3.07. The van der Waals surface area contributed by atoms with Crippen LogP contribution in [0.15, 0.2) is 39.9 Å². The number of ether oxygens (including phenoxy) is 3. The molecule has 3 aromatic rings. The molecule has 9 heteroatoms. The molecule has 0 atom stereocenters. The quantitative estimate of drug-likeness (QED) is 0.421. The number of hydrogen-bond donors (Lipinski definition) is 1. The van der Waals surface area contributed by atoms with Crippen LogP contribution in [-0.4, -0.2) is 47.0 Å². The number of aryl methyl sites for hydroxylation is 1. The van der Waals surface area contributed by atoms with Crippen molar-refractivity contribution in [3.05, 3.63) is 51.2 Å². The summed E-state index contributed by atoms with van der Waals surface area (Å²) in [6, 6.07) is 8.86. The van der Waals surface area contributed by atoms with E-state index in [1.54, 1.807) is 36.8 Å². The number of aromatic nitrogens is 3. The van der Waals surface area contributed by atoms with Crippen molar-refractivity contribution in [2.24, 2.45) is 7.05 Å². The van der Waals surface area contributed by atoms with Gasteiger partial charge < -0.3 is 19.2 Å². The average Bonchev–Trinajstić information content (AvgIpc) is 3.19. The highest BCUT2D eigenvalue weighted by molar-refractivity contribution is 5.82. The molecule has 30 heavy (non-hydrogen) atoms. The van der Waals surface area contributed by atoms with Crippen LogP contribution in [0.3, 0.4) is 0 Å². The molecule has 0 spiro atoms. The molecule has 0 saturated heterocycles. The van der Waals surface area contributed by atoms with Gasteiger partial charge in [-0.3, -0.25) is 13.9 Å². The Kier molecular flexibility index (Phi) is 6.73. The number of esters is 1. The van der Waals surface area contributed by atoms with Crippen molar-refractivity contribution in [2.45, 2.75) is 19.9 Å². The minimum absolute atomic E-state index is 0.163. The lowest BCUT2D eigenvalue weighted by Gasteiger charge is -2.08. The number of H-pyrrole nitrogens is 1. The van der Waals surface area contributed by atoms with Gasteiger partial charge in [0.05, 0.1) is 12.1 Å². The average molecular weight is 415 g/mol. The van der Waals surface area contributed by atoms with Gasteiger partial charge in [-0.2, -0.15) is 0 Å². The maximum atomic E-state index is 12.6. The van der Waals surface area contributed by atoms with Crippen molar-refractivity contribution >= 4 is 17.0 Å². The summed E-state index contributed by atoms with van der Waals surface area (Å²) >= 11 is 0. The van der Waals surface area contributed by atoms with Gasteiger partial charge in [0.2, 0.25) is 0 Å². The maximum Gasteiger partial charge on any atom is 0.344 e. The molecule has 2 aromatic heterocycles. The Morgan fingerprint density at radius 2 is 1.90 bits per heavy atom. The lowest BCUT2D eigenvalue weighted by atomic mass is 10.1. The van der Waals surface area contributed by atoms with Gasteiger partial charge in [0.25, 0.3) is 5.56 Å². The summed E-state index contributed by atoms with van der Waals surface area (Å²) in [4.78, 5) is 39.7. The predicted molar refractivity (Wildman–Crippen MR) is 112 cm³/mol. The van der Waals surface area contributed by atoms with E-state index in [4.69, 9.17) is 14.2 Å². The van der Waals surface area contributed by atoms with E-state index in [-0.39, 0.29) is 17.9 Å². The predicted octanol–water partition coefficient (Wildman–Crippen LogP) is 1.67. The minimum atomic E-state index is -0.431. The first-order valence-corrected chi connectivity index (χ1v) is 9.66. The molecule has 0 radical (unpaired) electrons. The van der Waals surface area contributed by atoms with Crippen LogP contribution in [0.25, 0.3) is 22.3 Å². The van der Waals surface area contributed by atoms with Gasteiger partial charge in [-0.15, -0.1) is 0 Å². The molecule has 0 saturated carbocycles. The van der Waals surface area contributed by atoms with Gasteiger partial charge in [-0.1, -0.05) is 0 Å². The molecule has 9 nitrogen and oxygen atoms in total. The zero-order valence-electron chi connectivity index (χ0n) is 17.3. The first kappa shape index (κ1) is 21.4. The Hall–Kier alpha value is -3.33. The first-order valence-electron chi connectivity index (χ1n) is 9.66. The van der Waals surface area contributed by atoms with Gasteiger partial charge in [-0.05, 0) is 49.2 Å². The van der Waals surface area contributed by atoms with Gasteiger partial charge in [-0.25, -0.2) is 9.59 Å². The van der Waals surface area contributed by atoms with Crippen LogP contribution in [-0.2, 0) is 27.9 Å². The molecule has 160 valence electrons. The van der Waals surface area contributed by atoms with E-state index in [0.717, 1.165) is 10.1 Å². The Balaban J connectivity index is 1.90. The first-order chi connectivity index (χ1) is 14.5. The largest absolute Gasteiger partial charge is 0.482 e. The number of aromatic amines is 1. The standard InChI is InChI=1S/C21H25N3O6/c1-4-29-18(25)13-30-15-8-6-14(7-9-15)16-12-17-19(22-16)20(26)23(2)21(27)24(17)10-5-11-28-3/h6-9,12,22H,4-5,10-11,13H2,1-3H3. The van der Waals surface area contributed by atoms with Crippen molar-refractivity contribution in [1.82, 2.24) is 14.1 Å². The number of nitrogens with zero attached hydrogens (tertiary/aromatic N) is 2. The van der Waals surface area contributed by atoms with Crippen LogP contribution in [0.1, 0.15) is 13.3 Å². The lowest BCUT2D eigenvalue weighted by Crippen LogP contribution is -2.38. The molecule has 0 aliphatic carbocycles.